The maximum absolute atomic E-state index is 12.6. The molecular weight excluding hydrogens is 248 g/mol. The van der Waals surface area contributed by atoms with Crippen LogP contribution in [0.4, 0.5) is 0 Å². The van der Waals surface area contributed by atoms with Gasteiger partial charge in [0.25, 0.3) is 0 Å². The number of benzene rings is 1. The van der Waals surface area contributed by atoms with E-state index in [2.05, 4.69) is 10.3 Å². The molecular formula is C17H18N2O. The third kappa shape index (κ3) is 2.31. The van der Waals surface area contributed by atoms with Crippen LogP contribution in [0.1, 0.15) is 36.9 Å². The molecule has 3 rings (SSSR count). The van der Waals surface area contributed by atoms with Gasteiger partial charge in [0.15, 0.2) is 0 Å². The zero-order valence-corrected chi connectivity index (χ0v) is 11.5. The molecule has 0 bridgehead atoms. The molecule has 3 heteroatoms. The number of pyridine rings is 1. The average Bonchev–Trinajstić information content (AvgIpc) is 3.31. The van der Waals surface area contributed by atoms with Crippen LogP contribution in [0.2, 0.25) is 0 Å². The Morgan fingerprint density at radius 1 is 1.20 bits per heavy atom. The normalized spacial score (nSPS) is 17.2. The maximum atomic E-state index is 12.6. The molecule has 1 unspecified atom stereocenters. The summed E-state index contributed by atoms with van der Waals surface area (Å²) in [5.41, 5.74) is 1.85. The molecule has 1 saturated carbocycles. The van der Waals surface area contributed by atoms with Crippen molar-refractivity contribution in [3.05, 3.63) is 66.0 Å². The Labute approximate surface area is 119 Å². The topological polar surface area (TPSA) is 42.0 Å². The Morgan fingerprint density at radius 2 is 1.95 bits per heavy atom. The highest BCUT2D eigenvalue weighted by molar-refractivity contribution is 5.91. The smallest absolute Gasteiger partial charge is 0.231 e. The molecule has 1 fully saturated rings. The molecule has 1 aromatic heterocycles. The fourth-order valence-electron chi connectivity index (χ4n) is 2.58. The molecule has 0 saturated heterocycles. The molecule has 1 aliphatic carbocycles. The lowest BCUT2D eigenvalue weighted by molar-refractivity contribution is -0.124. The first kappa shape index (κ1) is 12.9. The summed E-state index contributed by atoms with van der Waals surface area (Å²) in [4.78, 5) is 16.7. The van der Waals surface area contributed by atoms with Gasteiger partial charge in [0.2, 0.25) is 5.91 Å². The minimum atomic E-state index is -0.308. The van der Waals surface area contributed by atoms with E-state index >= 15 is 0 Å². The Bertz CT molecular complexity index is 591. The van der Waals surface area contributed by atoms with Crippen LogP contribution >= 0.6 is 0 Å². The van der Waals surface area contributed by atoms with Crippen molar-refractivity contribution in [3.8, 4) is 0 Å². The van der Waals surface area contributed by atoms with Crippen LogP contribution in [0.25, 0.3) is 0 Å². The second-order valence-electron chi connectivity index (χ2n) is 5.43. The number of amides is 1. The molecule has 2 aromatic rings. The minimum Gasteiger partial charge on any atom is -0.349 e. The van der Waals surface area contributed by atoms with Gasteiger partial charge < -0.3 is 5.32 Å². The molecule has 0 radical (unpaired) electrons. The van der Waals surface area contributed by atoms with E-state index < -0.39 is 0 Å². The van der Waals surface area contributed by atoms with Gasteiger partial charge in [0, 0.05) is 12.4 Å². The Hall–Kier alpha value is -2.16. The van der Waals surface area contributed by atoms with Gasteiger partial charge in [0.05, 0.1) is 11.5 Å². The second-order valence-corrected chi connectivity index (χ2v) is 5.43. The van der Waals surface area contributed by atoms with E-state index in [9.17, 15) is 4.79 Å². The summed E-state index contributed by atoms with van der Waals surface area (Å²) >= 11 is 0. The van der Waals surface area contributed by atoms with Crippen molar-refractivity contribution in [1.29, 1.82) is 0 Å². The Kier molecular flexibility index (Phi) is 3.26. The van der Waals surface area contributed by atoms with E-state index in [1.807, 2.05) is 49.4 Å². The lowest BCUT2D eigenvalue weighted by atomic mass is 9.94. The summed E-state index contributed by atoms with van der Waals surface area (Å²) in [6, 6.07) is 13.9. The quantitative estimate of drug-likeness (QED) is 0.924. The highest BCUT2D eigenvalue weighted by atomic mass is 16.2. The summed E-state index contributed by atoms with van der Waals surface area (Å²) in [5, 5.41) is 3.12. The monoisotopic (exact) mass is 266 g/mol. The molecule has 1 N–H and O–H groups in total. The number of hydrogen-bond donors (Lipinski definition) is 1. The van der Waals surface area contributed by atoms with Crippen LogP contribution < -0.4 is 5.32 Å². The van der Waals surface area contributed by atoms with Crippen molar-refractivity contribution < 1.29 is 4.79 Å². The highest BCUT2D eigenvalue weighted by Crippen LogP contribution is 2.48. The van der Waals surface area contributed by atoms with Gasteiger partial charge in [0.1, 0.15) is 0 Å². The van der Waals surface area contributed by atoms with E-state index in [-0.39, 0.29) is 17.4 Å². The van der Waals surface area contributed by atoms with Crippen LogP contribution in [-0.4, -0.2) is 10.9 Å². The van der Waals surface area contributed by atoms with Gasteiger partial charge in [-0.25, -0.2) is 0 Å². The van der Waals surface area contributed by atoms with Crippen molar-refractivity contribution in [2.75, 3.05) is 0 Å². The van der Waals surface area contributed by atoms with E-state index in [4.69, 9.17) is 0 Å². The highest BCUT2D eigenvalue weighted by Gasteiger charge is 2.51. The van der Waals surface area contributed by atoms with Gasteiger partial charge in [-0.2, -0.15) is 0 Å². The van der Waals surface area contributed by atoms with Crippen LogP contribution in [-0.2, 0) is 10.2 Å². The number of hydrogen-bond acceptors (Lipinski definition) is 2. The predicted octanol–water partition coefficient (Wildman–Crippen LogP) is 2.99. The number of carbonyl (C=O) groups excluding carboxylic acids is 1. The molecule has 20 heavy (non-hydrogen) atoms. The van der Waals surface area contributed by atoms with Crippen molar-refractivity contribution >= 4 is 5.91 Å². The third-order valence-corrected chi connectivity index (χ3v) is 4.04. The number of nitrogens with one attached hydrogen (secondary N) is 1. The van der Waals surface area contributed by atoms with E-state index in [1.165, 1.54) is 0 Å². The molecule has 3 nitrogen and oxygen atoms in total. The van der Waals surface area contributed by atoms with E-state index in [0.717, 1.165) is 24.0 Å². The molecule has 102 valence electrons. The lowest BCUT2D eigenvalue weighted by Crippen LogP contribution is -2.36. The average molecular weight is 266 g/mol. The Balaban J connectivity index is 1.74. The molecule has 1 atom stereocenters. The van der Waals surface area contributed by atoms with Gasteiger partial charge >= 0.3 is 0 Å². The van der Waals surface area contributed by atoms with Crippen LogP contribution in [0, 0.1) is 0 Å². The minimum absolute atomic E-state index is 0.0163. The summed E-state index contributed by atoms with van der Waals surface area (Å²) in [6.07, 6.45) is 5.41. The first-order valence-electron chi connectivity index (χ1n) is 6.99. The summed E-state index contributed by atoms with van der Waals surface area (Å²) < 4.78 is 0. The van der Waals surface area contributed by atoms with Crippen molar-refractivity contribution in [1.82, 2.24) is 10.3 Å². The number of carbonyl (C=O) groups is 1. The fraction of sp³-hybridized carbons (Fsp3) is 0.294. The van der Waals surface area contributed by atoms with E-state index in [0.29, 0.717) is 0 Å². The SMILES string of the molecule is CC(NC(=O)C1(c2ccccc2)CC1)c1cccnc1. The molecule has 0 spiro atoms. The number of rotatable bonds is 4. The van der Waals surface area contributed by atoms with Crippen molar-refractivity contribution in [2.24, 2.45) is 0 Å². The third-order valence-electron chi connectivity index (χ3n) is 4.04. The number of aromatic nitrogens is 1. The molecule has 0 aliphatic heterocycles. The van der Waals surface area contributed by atoms with Gasteiger partial charge in [-0.1, -0.05) is 36.4 Å². The zero-order chi connectivity index (χ0) is 14.0. The van der Waals surface area contributed by atoms with Crippen LogP contribution in [0.5, 0.6) is 0 Å². The van der Waals surface area contributed by atoms with Gasteiger partial charge in [-0.05, 0) is 37.0 Å². The summed E-state index contributed by atoms with van der Waals surface area (Å²) in [5.74, 6) is 0.125. The summed E-state index contributed by atoms with van der Waals surface area (Å²) in [7, 11) is 0. The zero-order valence-electron chi connectivity index (χ0n) is 11.5. The first-order chi connectivity index (χ1) is 9.72. The molecule has 1 aromatic carbocycles. The lowest BCUT2D eigenvalue weighted by Gasteiger charge is -2.20. The number of nitrogens with zero attached hydrogens (tertiary/aromatic N) is 1. The molecule has 1 aliphatic rings. The maximum Gasteiger partial charge on any atom is 0.231 e. The van der Waals surface area contributed by atoms with Crippen LogP contribution in [0.15, 0.2) is 54.9 Å². The predicted molar refractivity (Wildman–Crippen MR) is 78.1 cm³/mol. The Morgan fingerprint density at radius 3 is 2.55 bits per heavy atom. The largest absolute Gasteiger partial charge is 0.349 e. The fourth-order valence-corrected chi connectivity index (χ4v) is 2.58. The van der Waals surface area contributed by atoms with Gasteiger partial charge in [-0.3, -0.25) is 9.78 Å². The van der Waals surface area contributed by atoms with Gasteiger partial charge in [-0.15, -0.1) is 0 Å². The van der Waals surface area contributed by atoms with Crippen LogP contribution in [0.3, 0.4) is 0 Å². The molecule has 1 heterocycles. The second kappa shape index (κ2) is 5.08. The summed E-state index contributed by atoms with van der Waals surface area (Å²) in [6.45, 7) is 2.00. The van der Waals surface area contributed by atoms with E-state index in [1.54, 1.807) is 12.4 Å². The van der Waals surface area contributed by atoms with Crippen molar-refractivity contribution in [2.45, 2.75) is 31.2 Å². The molecule has 1 amide bonds. The van der Waals surface area contributed by atoms with Crippen molar-refractivity contribution in [3.63, 3.8) is 0 Å². The first-order valence-corrected chi connectivity index (χ1v) is 6.99. The standard InChI is InChI=1S/C17H18N2O/c1-13(14-6-5-11-18-12-14)19-16(20)17(9-10-17)15-7-3-2-4-8-15/h2-8,11-13H,9-10H2,1H3,(H,19,20).